The van der Waals surface area contributed by atoms with E-state index < -0.39 is 0 Å². The summed E-state index contributed by atoms with van der Waals surface area (Å²) in [5.74, 6) is 2.13. The molecule has 5 rings (SSSR count). The first-order valence-corrected chi connectivity index (χ1v) is 10.6. The molecule has 2 aliphatic carbocycles. The maximum Gasteiger partial charge on any atom is 0.225 e. The maximum absolute atomic E-state index is 12.2. The fraction of sp³-hybridized carbons (Fsp3) is 0.632. The molecule has 0 bridgehead atoms. The number of aromatic nitrogens is 2. The summed E-state index contributed by atoms with van der Waals surface area (Å²) in [5, 5.41) is 1.10. The summed E-state index contributed by atoms with van der Waals surface area (Å²) in [6.45, 7) is 4.14. The number of piperazine rings is 1. The molecule has 2 N–H and O–H groups in total. The molecule has 0 atom stereocenters. The van der Waals surface area contributed by atoms with Crippen LogP contribution in [0.3, 0.4) is 0 Å². The van der Waals surface area contributed by atoms with Gasteiger partial charge in [-0.3, -0.25) is 9.69 Å². The normalized spacial score (nSPS) is 21.2. The van der Waals surface area contributed by atoms with Crippen molar-refractivity contribution in [2.24, 2.45) is 5.92 Å². The van der Waals surface area contributed by atoms with Gasteiger partial charge < -0.3 is 10.6 Å². The number of anilines is 1. The van der Waals surface area contributed by atoms with Crippen molar-refractivity contribution in [3.05, 3.63) is 16.3 Å². The average Bonchev–Trinajstić information content (AvgIpc) is 3.42. The number of hydrogen-bond acceptors (Lipinski definition) is 6. The monoisotopic (exact) mass is 371 g/mol. The second-order valence-corrected chi connectivity index (χ2v) is 8.88. The summed E-state index contributed by atoms with van der Waals surface area (Å²) in [5.41, 5.74) is 7.71. The molecule has 1 saturated heterocycles. The van der Waals surface area contributed by atoms with Crippen LogP contribution in [0.2, 0.25) is 0 Å². The first-order valence-electron chi connectivity index (χ1n) is 9.77. The third-order valence-corrected chi connectivity index (χ3v) is 7.05. The van der Waals surface area contributed by atoms with Gasteiger partial charge in [0.05, 0.1) is 11.9 Å². The Morgan fingerprint density at radius 1 is 1.12 bits per heavy atom. The molecule has 1 amide bonds. The van der Waals surface area contributed by atoms with Crippen LogP contribution in [-0.2, 0) is 24.2 Å². The van der Waals surface area contributed by atoms with Crippen LogP contribution in [0.5, 0.6) is 0 Å². The minimum absolute atomic E-state index is 0.317. The van der Waals surface area contributed by atoms with Crippen molar-refractivity contribution >= 4 is 33.3 Å². The summed E-state index contributed by atoms with van der Waals surface area (Å²) in [4.78, 5) is 28.5. The Balaban J connectivity index is 1.30. The number of rotatable bonds is 3. The standard InChI is InChI=1S/C19H25N5OS/c20-17-16-13-3-1-2-4-14(13)26-18(16)22-15(21-17)11-23-7-9-24(10-8-23)19(25)12-5-6-12/h12H,1-11H2,(H2,20,21,22). The number of nitrogens with zero attached hydrogens (tertiary/aromatic N) is 4. The molecule has 26 heavy (non-hydrogen) atoms. The van der Waals surface area contributed by atoms with E-state index in [4.69, 9.17) is 10.7 Å². The van der Waals surface area contributed by atoms with E-state index in [2.05, 4.69) is 9.88 Å². The minimum Gasteiger partial charge on any atom is -0.383 e. The number of carbonyl (C=O) groups excluding carboxylic acids is 1. The smallest absolute Gasteiger partial charge is 0.225 e. The van der Waals surface area contributed by atoms with Crippen LogP contribution in [-0.4, -0.2) is 51.9 Å². The highest BCUT2D eigenvalue weighted by atomic mass is 32.1. The van der Waals surface area contributed by atoms with Gasteiger partial charge in [0.25, 0.3) is 0 Å². The van der Waals surface area contributed by atoms with Crippen molar-refractivity contribution in [1.29, 1.82) is 0 Å². The lowest BCUT2D eigenvalue weighted by atomic mass is 9.97. The van der Waals surface area contributed by atoms with Crippen LogP contribution >= 0.6 is 11.3 Å². The SMILES string of the molecule is Nc1nc(CN2CCN(C(=O)C3CC3)CC2)nc2sc3c(c12)CCCC3. The van der Waals surface area contributed by atoms with Gasteiger partial charge in [0.15, 0.2) is 0 Å². The van der Waals surface area contributed by atoms with E-state index in [9.17, 15) is 4.79 Å². The van der Waals surface area contributed by atoms with Gasteiger partial charge in [0.1, 0.15) is 16.5 Å². The van der Waals surface area contributed by atoms with Crippen LogP contribution < -0.4 is 5.73 Å². The van der Waals surface area contributed by atoms with E-state index in [-0.39, 0.29) is 0 Å². The quantitative estimate of drug-likeness (QED) is 0.895. The number of fused-ring (bicyclic) bond motifs is 3. The molecular formula is C19H25N5OS. The van der Waals surface area contributed by atoms with Gasteiger partial charge in [-0.1, -0.05) is 0 Å². The molecule has 0 radical (unpaired) electrons. The Kier molecular flexibility index (Phi) is 4.09. The number of thiophene rings is 1. The maximum atomic E-state index is 12.2. The van der Waals surface area contributed by atoms with E-state index in [0.29, 0.717) is 24.2 Å². The second-order valence-electron chi connectivity index (χ2n) is 7.79. The van der Waals surface area contributed by atoms with Crippen molar-refractivity contribution in [1.82, 2.24) is 19.8 Å². The summed E-state index contributed by atoms with van der Waals surface area (Å²) in [6.07, 6.45) is 6.93. The Morgan fingerprint density at radius 2 is 1.88 bits per heavy atom. The van der Waals surface area contributed by atoms with Crippen molar-refractivity contribution < 1.29 is 4.79 Å². The summed E-state index contributed by atoms with van der Waals surface area (Å²) < 4.78 is 0. The topological polar surface area (TPSA) is 75.3 Å². The van der Waals surface area contributed by atoms with Crippen molar-refractivity contribution in [2.75, 3.05) is 31.9 Å². The zero-order valence-electron chi connectivity index (χ0n) is 15.0. The first kappa shape index (κ1) is 16.4. The molecular weight excluding hydrogens is 346 g/mol. The fourth-order valence-corrected chi connectivity index (χ4v) is 5.51. The highest BCUT2D eigenvalue weighted by Crippen LogP contribution is 2.37. The number of hydrogen-bond donors (Lipinski definition) is 1. The summed E-state index contributed by atoms with van der Waals surface area (Å²) >= 11 is 1.80. The largest absolute Gasteiger partial charge is 0.383 e. The fourth-order valence-electron chi connectivity index (χ4n) is 4.22. The lowest BCUT2D eigenvalue weighted by Crippen LogP contribution is -2.48. The van der Waals surface area contributed by atoms with Crippen LogP contribution in [0.4, 0.5) is 5.82 Å². The van der Waals surface area contributed by atoms with Crippen molar-refractivity contribution in [2.45, 2.75) is 45.1 Å². The van der Waals surface area contributed by atoms with Crippen LogP contribution in [0, 0.1) is 5.92 Å². The molecule has 2 aromatic rings. The highest BCUT2D eigenvalue weighted by molar-refractivity contribution is 7.19. The average molecular weight is 372 g/mol. The lowest BCUT2D eigenvalue weighted by molar-refractivity contribution is -0.134. The molecule has 3 aliphatic rings. The predicted molar refractivity (Wildman–Crippen MR) is 103 cm³/mol. The first-order chi connectivity index (χ1) is 12.7. The molecule has 2 aromatic heterocycles. The van der Waals surface area contributed by atoms with Gasteiger partial charge in [0.2, 0.25) is 5.91 Å². The number of nitrogen functional groups attached to an aromatic ring is 1. The van der Waals surface area contributed by atoms with Crippen LogP contribution in [0.15, 0.2) is 0 Å². The van der Waals surface area contributed by atoms with Gasteiger partial charge in [0, 0.05) is 37.0 Å². The Labute approximate surface area is 157 Å². The molecule has 3 heterocycles. The van der Waals surface area contributed by atoms with Gasteiger partial charge in [-0.2, -0.15) is 0 Å². The van der Waals surface area contributed by atoms with E-state index in [1.54, 1.807) is 11.3 Å². The molecule has 7 heteroatoms. The molecule has 138 valence electrons. The number of amides is 1. The molecule has 0 unspecified atom stereocenters. The van der Waals surface area contributed by atoms with E-state index in [0.717, 1.165) is 67.9 Å². The summed E-state index contributed by atoms with van der Waals surface area (Å²) in [6, 6.07) is 0. The third kappa shape index (κ3) is 2.97. The van der Waals surface area contributed by atoms with E-state index in [1.807, 2.05) is 4.90 Å². The molecule has 6 nitrogen and oxygen atoms in total. The zero-order valence-corrected chi connectivity index (χ0v) is 15.9. The Hall–Kier alpha value is -1.73. The second kappa shape index (κ2) is 6.46. The van der Waals surface area contributed by atoms with Crippen molar-refractivity contribution in [3.8, 4) is 0 Å². The molecule has 0 aromatic carbocycles. The number of aryl methyl sites for hydroxylation is 2. The zero-order chi connectivity index (χ0) is 17.7. The van der Waals surface area contributed by atoms with E-state index >= 15 is 0 Å². The van der Waals surface area contributed by atoms with Crippen molar-refractivity contribution in [3.63, 3.8) is 0 Å². The third-order valence-electron chi connectivity index (χ3n) is 5.86. The molecule has 2 fully saturated rings. The van der Waals surface area contributed by atoms with Crippen LogP contribution in [0.1, 0.15) is 41.9 Å². The van der Waals surface area contributed by atoms with E-state index in [1.165, 1.54) is 23.3 Å². The minimum atomic E-state index is 0.317. The van der Waals surface area contributed by atoms with Gasteiger partial charge >= 0.3 is 0 Å². The number of nitrogens with two attached hydrogens (primary N) is 1. The Morgan fingerprint density at radius 3 is 2.65 bits per heavy atom. The Bertz CT molecular complexity index is 851. The summed E-state index contributed by atoms with van der Waals surface area (Å²) in [7, 11) is 0. The molecule has 0 spiro atoms. The number of carbonyl (C=O) groups is 1. The lowest BCUT2D eigenvalue weighted by Gasteiger charge is -2.34. The predicted octanol–water partition coefficient (Wildman–Crippen LogP) is 2.21. The van der Waals surface area contributed by atoms with Crippen LogP contribution in [0.25, 0.3) is 10.2 Å². The van der Waals surface area contributed by atoms with Gasteiger partial charge in [-0.25, -0.2) is 9.97 Å². The molecule has 1 aliphatic heterocycles. The molecule has 1 saturated carbocycles. The van der Waals surface area contributed by atoms with Gasteiger partial charge in [-0.15, -0.1) is 11.3 Å². The highest BCUT2D eigenvalue weighted by Gasteiger charge is 2.34. The van der Waals surface area contributed by atoms with Gasteiger partial charge in [-0.05, 0) is 44.1 Å².